The quantitative estimate of drug-likeness (QED) is 0.682. The summed E-state index contributed by atoms with van der Waals surface area (Å²) in [6.07, 6.45) is 1.54. The van der Waals surface area contributed by atoms with Gasteiger partial charge in [-0.05, 0) is 18.4 Å². The Bertz CT molecular complexity index is 771. The number of aromatic nitrogens is 2. The molecule has 0 N–H and O–H groups in total. The van der Waals surface area contributed by atoms with E-state index >= 15 is 0 Å². The van der Waals surface area contributed by atoms with Gasteiger partial charge in [0.1, 0.15) is 5.56 Å². The zero-order chi connectivity index (χ0) is 15.4. The lowest BCUT2D eigenvalue weighted by Crippen LogP contribution is -2.09. The van der Waals surface area contributed by atoms with Crippen LogP contribution in [0.5, 0.6) is 0 Å². The summed E-state index contributed by atoms with van der Waals surface area (Å²) >= 11 is 1.53. The fourth-order valence-electron chi connectivity index (χ4n) is 2.07. The second-order valence-corrected chi connectivity index (χ2v) is 5.47. The van der Waals surface area contributed by atoms with E-state index in [0.29, 0.717) is 23.7 Å². The van der Waals surface area contributed by atoms with Crippen LogP contribution in [-0.2, 0) is 4.74 Å². The zero-order valence-corrected chi connectivity index (χ0v) is 12.8. The van der Waals surface area contributed by atoms with E-state index < -0.39 is 5.97 Å². The molecule has 0 saturated carbocycles. The predicted octanol–water partition coefficient (Wildman–Crippen LogP) is 4.05. The number of rotatable bonds is 4. The highest BCUT2D eigenvalue weighted by atomic mass is 32.1. The Morgan fingerprint density at radius 2 is 2.00 bits per heavy atom. The van der Waals surface area contributed by atoms with E-state index in [1.807, 2.05) is 47.8 Å². The first kappa shape index (κ1) is 14.4. The maximum Gasteiger partial charge on any atom is 0.341 e. The number of hydrogen-bond acceptors (Lipinski definition) is 5. The summed E-state index contributed by atoms with van der Waals surface area (Å²) in [4.78, 5) is 21.9. The second-order valence-electron chi connectivity index (χ2n) is 4.52. The lowest BCUT2D eigenvalue weighted by atomic mass is 10.1. The van der Waals surface area contributed by atoms with E-state index in [0.717, 1.165) is 10.4 Å². The summed E-state index contributed by atoms with van der Waals surface area (Å²) in [5.74, 6) is 0.197. The van der Waals surface area contributed by atoms with Gasteiger partial charge in [0.2, 0.25) is 0 Å². The highest BCUT2D eigenvalue weighted by Gasteiger charge is 2.18. The first-order valence-corrected chi connectivity index (χ1v) is 7.81. The average Bonchev–Trinajstić information content (AvgIpc) is 3.10. The van der Waals surface area contributed by atoms with Crippen LogP contribution in [0.1, 0.15) is 17.3 Å². The van der Waals surface area contributed by atoms with Crippen molar-refractivity contribution < 1.29 is 9.53 Å². The van der Waals surface area contributed by atoms with Gasteiger partial charge in [-0.2, -0.15) is 0 Å². The molecule has 0 unspecified atom stereocenters. The van der Waals surface area contributed by atoms with Gasteiger partial charge in [0, 0.05) is 11.8 Å². The Hall–Kier alpha value is -2.53. The minimum atomic E-state index is -0.398. The van der Waals surface area contributed by atoms with Crippen LogP contribution in [0.15, 0.2) is 54.0 Å². The van der Waals surface area contributed by atoms with Gasteiger partial charge in [-0.15, -0.1) is 11.3 Å². The van der Waals surface area contributed by atoms with Crippen LogP contribution in [0.25, 0.3) is 22.0 Å². The molecule has 0 saturated heterocycles. The van der Waals surface area contributed by atoms with Crippen LogP contribution in [0.3, 0.4) is 0 Å². The Morgan fingerprint density at radius 1 is 1.18 bits per heavy atom. The Balaban J connectivity index is 2.11. The van der Waals surface area contributed by atoms with Gasteiger partial charge in [0.05, 0.1) is 17.2 Å². The van der Waals surface area contributed by atoms with E-state index in [1.165, 1.54) is 11.3 Å². The van der Waals surface area contributed by atoms with Crippen LogP contribution in [-0.4, -0.2) is 22.5 Å². The molecule has 1 aromatic carbocycles. The number of benzene rings is 1. The molecule has 0 radical (unpaired) electrons. The molecule has 0 aliphatic heterocycles. The van der Waals surface area contributed by atoms with Gasteiger partial charge >= 0.3 is 5.97 Å². The van der Waals surface area contributed by atoms with E-state index in [2.05, 4.69) is 9.97 Å². The molecule has 2 aromatic heterocycles. The molecule has 4 nitrogen and oxygen atoms in total. The topological polar surface area (TPSA) is 52.1 Å². The molecule has 0 aliphatic carbocycles. The van der Waals surface area contributed by atoms with Crippen LogP contribution in [0.4, 0.5) is 0 Å². The Morgan fingerprint density at radius 3 is 2.68 bits per heavy atom. The monoisotopic (exact) mass is 310 g/mol. The van der Waals surface area contributed by atoms with Crippen molar-refractivity contribution in [2.75, 3.05) is 6.61 Å². The van der Waals surface area contributed by atoms with Crippen LogP contribution < -0.4 is 0 Å². The van der Waals surface area contributed by atoms with Crippen molar-refractivity contribution in [3.63, 3.8) is 0 Å². The van der Waals surface area contributed by atoms with Crippen LogP contribution in [0, 0.1) is 0 Å². The van der Waals surface area contributed by atoms with E-state index in [4.69, 9.17) is 4.74 Å². The van der Waals surface area contributed by atoms with Crippen molar-refractivity contribution in [3.8, 4) is 22.0 Å². The second kappa shape index (κ2) is 6.49. The third kappa shape index (κ3) is 2.89. The standard InChI is InChI=1S/C17H14N2O2S/c1-2-21-17(20)13-11-18-16(12-7-4-3-5-8-12)19-15(13)14-9-6-10-22-14/h3-11H,2H2,1H3. The molecule has 0 atom stereocenters. The van der Waals surface area contributed by atoms with E-state index in [9.17, 15) is 4.79 Å². The molecule has 0 amide bonds. The van der Waals surface area contributed by atoms with Crippen molar-refractivity contribution >= 4 is 17.3 Å². The third-order valence-electron chi connectivity index (χ3n) is 3.07. The molecular formula is C17H14N2O2S. The fraction of sp³-hybridized carbons (Fsp3) is 0.118. The van der Waals surface area contributed by atoms with Crippen LogP contribution >= 0.6 is 11.3 Å². The maximum absolute atomic E-state index is 12.1. The molecule has 110 valence electrons. The fourth-order valence-corrected chi connectivity index (χ4v) is 2.80. The average molecular weight is 310 g/mol. The number of hydrogen-bond donors (Lipinski definition) is 0. The number of thiophene rings is 1. The van der Waals surface area contributed by atoms with Crippen molar-refractivity contribution in [3.05, 3.63) is 59.6 Å². The highest BCUT2D eigenvalue weighted by Crippen LogP contribution is 2.28. The Labute approximate surface area is 132 Å². The minimum Gasteiger partial charge on any atom is -0.462 e. The van der Waals surface area contributed by atoms with Crippen LogP contribution in [0.2, 0.25) is 0 Å². The molecule has 0 aliphatic rings. The Kier molecular flexibility index (Phi) is 4.25. The lowest BCUT2D eigenvalue weighted by Gasteiger charge is -2.08. The molecule has 0 fully saturated rings. The first-order chi connectivity index (χ1) is 10.8. The number of carbonyl (C=O) groups excluding carboxylic acids is 1. The maximum atomic E-state index is 12.1. The molecule has 0 spiro atoms. The summed E-state index contributed by atoms with van der Waals surface area (Å²) in [7, 11) is 0. The molecule has 5 heteroatoms. The van der Waals surface area contributed by atoms with Gasteiger partial charge in [-0.3, -0.25) is 0 Å². The summed E-state index contributed by atoms with van der Waals surface area (Å²) in [6.45, 7) is 2.10. The number of nitrogens with zero attached hydrogens (tertiary/aromatic N) is 2. The predicted molar refractivity (Wildman–Crippen MR) is 86.7 cm³/mol. The first-order valence-electron chi connectivity index (χ1n) is 6.93. The lowest BCUT2D eigenvalue weighted by molar-refractivity contribution is 0.0526. The van der Waals surface area contributed by atoms with Crippen molar-refractivity contribution in [1.82, 2.24) is 9.97 Å². The van der Waals surface area contributed by atoms with E-state index in [-0.39, 0.29) is 0 Å². The van der Waals surface area contributed by atoms with Gasteiger partial charge in [0.25, 0.3) is 0 Å². The highest BCUT2D eigenvalue weighted by molar-refractivity contribution is 7.13. The molecule has 22 heavy (non-hydrogen) atoms. The summed E-state index contributed by atoms with van der Waals surface area (Å²) in [5.41, 5.74) is 1.92. The molecule has 2 heterocycles. The van der Waals surface area contributed by atoms with Gasteiger partial charge < -0.3 is 4.74 Å². The smallest absolute Gasteiger partial charge is 0.341 e. The number of esters is 1. The number of carbonyl (C=O) groups is 1. The summed E-state index contributed by atoms with van der Waals surface area (Å²) < 4.78 is 5.10. The van der Waals surface area contributed by atoms with Gasteiger partial charge in [-0.1, -0.05) is 36.4 Å². The number of ether oxygens (including phenoxy) is 1. The summed E-state index contributed by atoms with van der Waals surface area (Å²) in [5, 5.41) is 1.95. The molecule has 3 aromatic rings. The van der Waals surface area contributed by atoms with Crippen molar-refractivity contribution in [1.29, 1.82) is 0 Å². The van der Waals surface area contributed by atoms with Gasteiger partial charge in [-0.25, -0.2) is 14.8 Å². The van der Waals surface area contributed by atoms with Crippen molar-refractivity contribution in [2.45, 2.75) is 6.92 Å². The van der Waals surface area contributed by atoms with Crippen molar-refractivity contribution in [2.24, 2.45) is 0 Å². The molecular weight excluding hydrogens is 296 g/mol. The summed E-state index contributed by atoms with van der Waals surface area (Å²) in [6, 6.07) is 13.6. The minimum absolute atomic E-state index is 0.323. The zero-order valence-electron chi connectivity index (χ0n) is 12.0. The molecule has 0 bridgehead atoms. The SMILES string of the molecule is CCOC(=O)c1cnc(-c2ccccc2)nc1-c1cccs1. The largest absolute Gasteiger partial charge is 0.462 e. The van der Waals surface area contributed by atoms with Gasteiger partial charge in [0.15, 0.2) is 5.82 Å². The molecule has 3 rings (SSSR count). The van der Waals surface area contributed by atoms with E-state index in [1.54, 1.807) is 13.1 Å². The normalized spacial score (nSPS) is 10.4. The third-order valence-corrected chi connectivity index (χ3v) is 3.95.